The molecular weight excluding hydrogens is 972 g/mol. The van der Waals surface area contributed by atoms with Crippen LogP contribution in [0.3, 0.4) is 0 Å². The van der Waals surface area contributed by atoms with Gasteiger partial charge in [-0.3, -0.25) is 4.79 Å². The number of nitrogens with zero attached hydrogens (tertiary/aromatic N) is 6. The molecule has 3 aromatic rings. The summed E-state index contributed by atoms with van der Waals surface area (Å²) >= 11 is 0. The Morgan fingerprint density at radius 3 is 2.27 bits per heavy atom. The molecule has 0 amide bonds. The molecule has 0 aliphatic carbocycles. The number of aryl methyl sites for hydroxylation is 2. The maximum atomic E-state index is 14.6. The number of carbonyl (C=O) groups excluding carboxylic acids is 1. The maximum Gasteiger partial charge on any atom is 0.311 e. The number of cyclic esters (lactones) is 1. The summed E-state index contributed by atoms with van der Waals surface area (Å²) in [5, 5.41) is 72.6. The maximum absolute atomic E-state index is 14.6. The summed E-state index contributed by atoms with van der Waals surface area (Å²) in [6, 6.07) is 6.29. The van der Waals surface area contributed by atoms with Crippen LogP contribution in [0, 0.1) is 31.6 Å². The first-order valence-electron chi connectivity index (χ1n) is 26.9. The molecule has 0 spiro atoms. The Morgan fingerprint density at radius 1 is 0.973 bits per heavy atom. The summed E-state index contributed by atoms with van der Waals surface area (Å²) in [5.41, 5.74) is -0.255. The van der Waals surface area contributed by atoms with Crippen LogP contribution >= 0.6 is 0 Å². The lowest BCUT2D eigenvalue weighted by atomic mass is 9.77. The summed E-state index contributed by atoms with van der Waals surface area (Å²) in [6.45, 7) is 21.5. The van der Waals surface area contributed by atoms with E-state index in [1.54, 1.807) is 59.3 Å². The minimum absolute atomic E-state index is 0.0879. The van der Waals surface area contributed by atoms with Gasteiger partial charge in [-0.2, -0.15) is 0 Å². The quantitative estimate of drug-likeness (QED) is 0.124. The van der Waals surface area contributed by atoms with E-state index in [0.717, 1.165) is 28.1 Å². The number of hydrogen-bond donors (Lipinski definition) is 5. The van der Waals surface area contributed by atoms with Gasteiger partial charge in [0.05, 0.1) is 59.0 Å². The van der Waals surface area contributed by atoms with E-state index >= 15 is 0 Å². The van der Waals surface area contributed by atoms with Crippen molar-refractivity contribution in [2.75, 3.05) is 41.0 Å². The first-order chi connectivity index (χ1) is 35.2. The Hall–Kier alpha value is -3.51. The zero-order chi connectivity index (χ0) is 55.5. The molecule has 3 aliphatic rings. The third-order valence-corrected chi connectivity index (χ3v) is 16.7. The molecule has 19 nitrogen and oxygen atoms in total. The van der Waals surface area contributed by atoms with Gasteiger partial charge in [-0.05, 0) is 119 Å². The van der Waals surface area contributed by atoms with Crippen molar-refractivity contribution >= 4 is 5.97 Å². The molecule has 5 heterocycles. The van der Waals surface area contributed by atoms with Crippen molar-refractivity contribution in [3.8, 4) is 11.1 Å². The number of ether oxygens (including phenoxy) is 6. The lowest BCUT2D eigenvalue weighted by Crippen LogP contribution is -2.61. The molecule has 19 atom stereocenters. The van der Waals surface area contributed by atoms with E-state index in [4.69, 9.17) is 32.9 Å². The highest BCUT2D eigenvalue weighted by atomic mass is 19.1. The molecule has 3 aliphatic heterocycles. The standard InChI is InChI=1S/C55H89FN6O13/c1-16-43-55(12,68)48(64)35(7)61(14)28-30(2)25-53(10,67)50(32(4)47(33(5)51(66)72-43)73-44-26-54(11,69-15)49(65)37(9)71-44)74-52-46(63)42(23-31(3)70-52)60(13)22-21-40-29-62(59-57-40)41(27-56)24-38-17-19-39(20-18-38)45-34(6)58-75-36(45)8/h17-20,29-33,35,37,41-44,46-50,52,63-65,67-68H,16,21-28H2,1-15H3/t30-,31-,32+,33-,35-,37+,41+,42+,43-,44+,46-,47+,48-,49+,50-,52+,53-,54-,55-/m1/s1. The third kappa shape index (κ3) is 13.9. The van der Waals surface area contributed by atoms with Crippen molar-refractivity contribution in [1.29, 1.82) is 0 Å². The van der Waals surface area contributed by atoms with Gasteiger partial charge in [-0.1, -0.05) is 55.4 Å². The number of halogens is 1. The topological polar surface area (TPSA) is 237 Å². The molecule has 6 rings (SSSR count). The van der Waals surface area contributed by atoms with E-state index in [-0.39, 0.29) is 25.2 Å². The van der Waals surface area contributed by atoms with E-state index in [2.05, 4.69) is 15.5 Å². The van der Waals surface area contributed by atoms with Crippen LogP contribution in [-0.4, -0.2) is 193 Å². The third-order valence-electron chi connectivity index (χ3n) is 16.7. The predicted molar refractivity (Wildman–Crippen MR) is 277 cm³/mol. The van der Waals surface area contributed by atoms with Crippen LogP contribution in [0.1, 0.15) is 124 Å². The molecule has 3 fully saturated rings. The molecule has 0 unspecified atom stereocenters. The van der Waals surface area contributed by atoms with Gasteiger partial charge in [0, 0.05) is 62.8 Å². The molecule has 75 heavy (non-hydrogen) atoms. The summed E-state index contributed by atoms with van der Waals surface area (Å²) < 4.78 is 59.9. The van der Waals surface area contributed by atoms with Gasteiger partial charge in [0.2, 0.25) is 0 Å². The molecule has 2 aromatic heterocycles. The zero-order valence-electron chi connectivity index (χ0n) is 47.1. The van der Waals surface area contributed by atoms with Gasteiger partial charge in [-0.15, -0.1) is 5.10 Å². The molecule has 0 saturated carbocycles. The highest BCUT2D eigenvalue weighted by Crippen LogP contribution is 2.40. The lowest BCUT2D eigenvalue weighted by molar-refractivity contribution is -0.318. The van der Waals surface area contributed by atoms with E-state index in [0.29, 0.717) is 38.0 Å². The Labute approximate surface area is 443 Å². The van der Waals surface area contributed by atoms with E-state index in [1.807, 2.05) is 75.9 Å². The zero-order valence-corrected chi connectivity index (χ0v) is 47.1. The number of aromatic nitrogens is 4. The average molecular weight is 1060 g/mol. The normalized spacial score (nSPS) is 38.5. The number of aliphatic hydroxyl groups excluding tert-OH is 3. The Bertz CT molecular complexity index is 2260. The second-order valence-corrected chi connectivity index (χ2v) is 23.0. The predicted octanol–water partition coefficient (Wildman–Crippen LogP) is 5.13. The van der Waals surface area contributed by atoms with Crippen molar-refractivity contribution in [3.63, 3.8) is 0 Å². The summed E-state index contributed by atoms with van der Waals surface area (Å²) in [5.74, 6) is -2.12. The van der Waals surface area contributed by atoms with Crippen LogP contribution in [-0.2, 0) is 46.1 Å². The van der Waals surface area contributed by atoms with Gasteiger partial charge in [0.15, 0.2) is 12.6 Å². The minimum Gasteiger partial charge on any atom is -0.459 e. The number of benzene rings is 1. The van der Waals surface area contributed by atoms with E-state index in [9.17, 15) is 34.7 Å². The lowest BCUT2D eigenvalue weighted by Gasteiger charge is -2.49. The largest absolute Gasteiger partial charge is 0.459 e. The number of esters is 1. The van der Waals surface area contributed by atoms with Crippen molar-refractivity contribution in [3.05, 3.63) is 53.2 Å². The van der Waals surface area contributed by atoms with Crippen LogP contribution in [0.25, 0.3) is 11.1 Å². The van der Waals surface area contributed by atoms with Gasteiger partial charge >= 0.3 is 5.97 Å². The molecule has 0 radical (unpaired) electrons. The van der Waals surface area contributed by atoms with Crippen molar-refractivity contribution < 1.29 is 67.7 Å². The monoisotopic (exact) mass is 1060 g/mol. The smallest absolute Gasteiger partial charge is 0.311 e. The Balaban J connectivity index is 1.24. The summed E-state index contributed by atoms with van der Waals surface area (Å²) in [4.78, 5) is 18.4. The molecule has 0 bridgehead atoms. The summed E-state index contributed by atoms with van der Waals surface area (Å²) in [7, 11) is 5.23. The van der Waals surface area contributed by atoms with Crippen molar-refractivity contribution in [2.24, 2.45) is 17.8 Å². The van der Waals surface area contributed by atoms with Gasteiger partial charge in [0.25, 0.3) is 0 Å². The Morgan fingerprint density at radius 2 is 1.65 bits per heavy atom. The molecule has 20 heteroatoms. The van der Waals surface area contributed by atoms with Gasteiger partial charge < -0.3 is 68.3 Å². The number of rotatable bonds is 15. The first kappa shape index (κ1) is 60.7. The Kier molecular flexibility index (Phi) is 20.3. The summed E-state index contributed by atoms with van der Waals surface area (Å²) in [6.07, 6.45) is -6.74. The molecule has 424 valence electrons. The second kappa shape index (κ2) is 25.1. The molecular formula is C55H89FN6O13. The van der Waals surface area contributed by atoms with Crippen LogP contribution in [0.15, 0.2) is 35.0 Å². The van der Waals surface area contributed by atoms with Crippen molar-refractivity contribution in [1.82, 2.24) is 30.0 Å². The van der Waals surface area contributed by atoms with Crippen LogP contribution in [0.5, 0.6) is 0 Å². The average Bonchev–Trinajstić information content (AvgIpc) is 3.98. The molecule has 1 aromatic carbocycles. The van der Waals surface area contributed by atoms with Gasteiger partial charge in [0.1, 0.15) is 42.5 Å². The fraction of sp³-hybridized carbons (Fsp3) is 0.782. The van der Waals surface area contributed by atoms with Crippen LogP contribution < -0.4 is 0 Å². The number of likely N-dealkylation sites (N-methyl/N-ethyl adjacent to an activating group) is 2. The van der Waals surface area contributed by atoms with Crippen LogP contribution in [0.2, 0.25) is 0 Å². The number of aliphatic hydroxyl groups is 5. The first-order valence-corrected chi connectivity index (χ1v) is 26.9. The minimum atomic E-state index is -1.85. The van der Waals surface area contributed by atoms with E-state index in [1.165, 1.54) is 14.0 Å². The fourth-order valence-corrected chi connectivity index (χ4v) is 11.9. The highest BCUT2D eigenvalue weighted by molar-refractivity contribution is 5.73. The SMILES string of the molecule is CC[C@H]1OC(=O)[C@H](C)[C@@H](O[C@H]2C[C@@](C)(OC)[C@@H](O)[C@H](C)O2)[C@H](C)[C@@H](O[C@@H]2O[C@H](C)C[C@H](N(C)CCc3cn([C@H](CF)Cc4ccc(-c5c(C)noc5C)cc4)nn3)[C@H]2O)[C@](C)(O)C[C@@H](C)CN(C)[C@H](C)[C@@H](O)[C@]1(C)O. The van der Waals surface area contributed by atoms with Crippen LogP contribution in [0.4, 0.5) is 4.39 Å². The molecule has 3 saturated heterocycles. The second-order valence-electron chi connectivity index (χ2n) is 23.0. The van der Waals surface area contributed by atoms with Crippen molar-refractivity contribution in [2.45, 2.75) is 218 Å². The number of carbonyl (C=O) groups is 1. The molecule has 5 N–H and O–H groups in total. The number of alkyl halides is 1. The number of methoxy groups -OCH3 is 1. The number of hydrogen-bond acceptors (Lipinski definition) is 18. The van der Waals surface area contributed by atoms with Gasteiger partial charge in [-0.25, -0.2) is 9.07 Å². The fourth-order valence-electron chi connectivity index (χ4n) is 11.9. The highest BCUT2D eigenvalue weighted by Gasteiger charge is 2.53. The van der Waals surface area contributed by atoms with E-state index < -0.39 is 121 Å².